The third-order valence-electron chi connectivity index (χ3n) is 3.89. The average molecular weight is 349 g/mol. The van der Waals surface area contributed by atoms with Crippen LogP contribution in [0.25, 0.3) is 10.9 Å². The molecular weight excluding hydrogens is 326 g/mol. The molecule has 0 aliphatic heterocycles. The number of halogens is 1. The lowest BCUT2D eigenvalue weighted by Gasteiger charge is -2.15. The standard InChI is InChI=1S/C17H23BrNSi/c1-9(2)13-7-12(18)8-14-16(13)15(10(3)4)17(11(5)6)19(14)20/h7-11H,1-6H3. The highest BCUT2D eigenvalue weighted by molar-refractivity contribution is 9.10. The molecule has 0 amide bonds. The highest BCUT2D eigenvalue weighted by Gasteiger charge is 2.23. The Kier molecular flexibility index (Phi) is 4.50. The first-order chi connectivity index (χ1) is 9.25. The molecule has 0 unspecified atom stereocenters. The van der Waals surface area contributed by atoms with Gasteiger partial charge in [0.25, 0.3) is 0 Å². The Morgan fingerprint density at radius 1 is 0.950 bits per heavy atom. The van der Waals surface area contributed by atoms with Crippen molar-refractivity contribution in [3.8, 4) is 0 Å². The lowest BCUT2D eigenvalue weighted by atomic mass is 9.90. The normalized spacial score (nSPS) is 12.3. The van der Waals surface area contributed by atoms with Gasteiger partial charge in [-0.25, -0.2) is 0 Å². The Balaban J connectivity index is 3.00. The van der Waals surface area contributed by atoms with E-state index in [4.69, 9.17) is 0 Å². The molecule has 107 valence electrons. The minimum atomic E-state index is 0.496. The molecule has 0 bridgehead atoms. The van der Waals surface area contributed by atoms with Crippen LogP contribution < -0.4 is 0 Å². The van der Waals surface area contributed by atoms with E-state index in [1.54, 1.807) is 0 Å². The van der Waals surface area contributed by atoms with E-state index in [1.807, 2.05) is 0 Å². The maximum Gasteiger partial charge on any atom is 0.195 e. The molecule has 0 N–H and O–H groups in total. The summed E-state index contributed by atoms with van der Waals surface area (Å²) < 4.78 is 3.35. The number of hydrogen-bond donors (Lipinski definition) is 0. The molecule has 0 spiro atoms. The fourth-order valence-corrected chi connectivity index (χ4v) is 4.09. The summed E-state index contributed by atoms with van der Waals surface area (Å²) in [6, 6.07) is 4.49. The number of fused-ring (bicyclic) bond motifs is 1. The Bertz CT molecular complexity index is 638. The first-order valence-electron chi connectivity index (χ1n) is 7.34. The summed E-state index contributed by atoms with van der Waals surface area (Å²) in [6.07, 6.45) is 0. The van der Waals surface area contributed by atoms with Gasteiger partial charge < -0.3 is 4.23 Å². The molecule has 0 aliphatic carbocycles. The number of aromatic nitrogens is 1. The second kappa shape index (κ2) is 5.68. The first-order valence-corrected chi connectivity index (χ1v) is 8.58. The molecule has 2 rings (SSSR count). The van der Waals surface area contributed by atoms with Crippen LogP contribution in [0.5, 0.6) is 0 Å². The van der Waals surface area contributed by atoms with Crippen molar-refractivity contribution in [3.05, 3.63) is 33.4 Å². The quantitative estimate of drug-likeness (QED) is 0.626. The third-order valence-corrected chi connectivity index (χ3v) is 4.83. The van der Waals surface area contributed by atoms with Crippen LogP contribution in [-0.4, -0.2) is 14.6 Å². The molecule has 20 heavy (non-hydrogen) atoms. The monoisotopic (exact) mass is 348 g/mol. The van der Waals surface area contributed by atoms with Gasteiger partial charge in [0.05, 0.1) is 0 Å². The van der Waals surface area contributed by atoms with Gasteiger partial charge in [0.15, 0.2) is 10.4 Å². The van der Waals surface area contributed by atoms with E-state index in [9.17, 15) is 0 Å². The van der Waals surface area contributed by atoms with Gasteiger partial charge in [0, 0.05) is 21.1 Å². The minimum Gasteiger partial charge on any atom is -0.373 e. The van der Waals surface area contributed by atoms with E-state index in [1.165, 1.54) is 27.7 Å². The largest absolute Gasteiger partial charge is 0.373 e. The summed E-state index contributed by atoms with van der Waals surface area (Å²) >= 11 is 3.66. The van der Waals surface area contributed by atoms with Crippen LogP contribution in [0, 0.1) is 0 Å². The molecule has 1 heterocycles. The van der Waals surface area contributed by atoms with E-state index >= 15 is 0 Å². The van der Waals surface area contributed by atoms with Crippen LogP contribution in [0.2, 0.25) is 0 Å². The molecule has 0 aliphatic rings. The van der Waals surface area contributed by atoms with Crippen molar-refractivity contribution in [3.63, 3.8) is 0 Å². The lowest BCUT2D eigenvalue weighted by Crippen LogP contribution is -2.04. The maximum absolute atomic E-state index is 3.84. The van der Waals surface area contributed by atoms with Crippen LogP contribution in [-0.2, 0) is 0 Å². The van der Waals surface area contributed by atoms with Gasteiger partial charge in [-0.1, -0.05) is 57.5 Å². The fraction of sp³-hybridized carbons (Fsp3) is 0.529. The van der Waals surface area contributed by atoms with Gasteiger partial charge >= 0.3 is 0 Å². The smallest absolute Gasteiger partial charge is 0.195 e. The van der Waals surface area contributed by atoms with Gasteiger partial charge in [-0.3, -0.25) is 0 Å². The van der Waals surface area contributed by atoms with Crippen molar-refractivity contribution < 1.29 is 0 Å². The molecule has 3 radical (unpaired) electrons. The predicted molar refractivity (Wildman–Crippen MR) is 93.1 cm³/mol. The van der Waals surface area contributed by atoms with Crippen LogP contribution in [0.4, 0.5) is 0 Å². The van der Waals surface area contributed by atoms with Crippen LogP contribution >= 0.6 is 15.9 Å². The molecule has 3 heteroatoms. The second-order valence-electron chi connectivity index (χ2n) is 6.49. The topological polar surface area (TPSA) is 4.93 Å². The van der Waals surface area contributed by atoms with Crippen molar-refractivity contribution in [2.45, 2.75) is 59.3 Å². The molecule has 0 saturated heterocycles. The zero-order valence-electron chi connectivity index (χ0n) is 13.2. The summed E-state index contributed by atoms with van der Waals surface area (Å²) in [5.74, 6) is 1.53. The van der Waals surface area contributed by atoms with Crippen molar-refractivity contribution in [2.75, 3.05) is 0 Å². The van der Waals surface area contributed by atoms with Gasteiger partial charge in [0.2, 0.25) is 0 Å². The predicted octanol–water partition coefficient (Wildman–Crippen LogP) is 5.71. The molecule has 0 fully saturated rings. The number of nitrogens with zero attached hydrogens (tertiary/aromatic N) is 1. The second-order valence-corrected chi connectivity index (χ2v) is 7.85. The SMILES string of the molecule is CC(C)c1cc(Br)cc2c1c(C(C)C)c(C(C)C)n2[Si]. The van der Waals surface area contributed by atoms with Crippen LogP contribution in [0.3, 0.4) is 0 Å². The highest BCUT2D eigenvalue weighted by Crippen LogP contribution is 2.40. The molecule has 2 aromatic rings. The lowest BCUT2D eigenvalue weighted by molar-refractivity contribution is 0.766. The molecular formula is C17H23BrNSi. The first kappa shape index (κ1) is 15.8. The number of hydrogen-bond acceptors (Lipinski definition) is 0. The van der Waals surface area contributed by atoms with Crippen molar-refractivity contribution in [2.24, 2.45) is 0 Å². The molecule has 0 saturated carbocycles. The van der Waals surface area contributed by atoms with E-state index in [0.717, 1.165) is 4.47 Å². The van der Waals surface area contributed by atoms with Gasteiger partial charge in [-0.2, -0.15) is 0 Å². The van der Waals surface area contributed by atoms with Gasteiger partial charge in [-0.05, 0) is 41.0 Å². The summed E-state index contributed by atoms with van der Waals surface area (Å²) in [5, 5.41) is 1.43. The van der Waals surface area contributed by atoms with Crippen molar-refractivity contribution >= 4 is 37.2 Å². The highest BCUT2D eigenvalue weighted by atomic mass is 79.9. The van der Waals surface area contributed by atoms with Crippen molar-refractivity contribution in [1.29, 1.82) is 0 Å². The zero-order valence-corrected chi connectivity index (χ0v) is 15.8. The minimum absolute atomic E-state index is 0.496. The van der Waals surface area contributed by atoms with Crippen LogP contribution in [0.15, 0.2) is 16.6 Å². The Labute approximate surface area is 134 Å². The number of rotatable bonds is 3. The Morgan fingerprint density at radius 2 is 1.55 bits per heavy atom. The van der Waals surface area contributed by atoms with Gasteiger partial charge in [0.1, 0.15) is 0 Å². The fourth-order valence-electron chi connectivity index (χ4n) is 3.07. The van der Waals surface area contributed by atoms with Gasteiger partial charge in [-0.15, -0.1) is 0 Å². The summed E-state index contributed by atoms with van der Waals surface area (Å²) in [7, 11) is 3.84. The molecule has 1 aromatic carbocycles. The number of benzene rings is 1. The summed E-state index contributed by atoms with van der Waals surface area (Å²) in [4.78, 5) is 0. The molecule has 1 nitrogen and oxygen atoms in total. The summed E-state index contributed by atoms with van der Waals surface area (Å²) in [6.45, 7) is 13.6. The third kappa shape index (κ3) is 2.50. The summed E-state index contributed by atoms with van der Waals surface area (Å²) in [5.41, 5.74) is 5.58. The average Bonchev–Trinajstić information content (AvgIpc) is 2.62. The van der Waals surface area contributed by atoms with Crippen LogP contribution in [0.1, 0.15) is 76.1 Å². The zero-order chi connectivity index (χ0) is 15.2. The molecule has 0 atom stereocenters. The maximum atomic E-state index is 3.84. The van der Waals surface area contributed by atoms with E-state index in [2.05, 4.69) is 84.2 Å². The Hall–Kier alpha value is -0.543. The van der Waals surface area contributed by atoms with E-state index in [0.29, 0.717) is 17.8 Å². The molecule has 1 aromatic heterocycles. The van der Waals surface area contributed by atoms with Crippen molar-refractivity contribution in [1.82, 2.24) is 4.23 Å². The van der Waals surface area contributed by atoms with E-state index in [-0.39, 0.29) is 0 Å². The van der Waals surface area contributed by atoms with E-state index < -0.39 is 0 Å². The Morgan fingerprint density at radius 3 is 2.00 bits per heavy atom.